The van der Waals surface area contributed by atoms with Gasteiger partial charge < -0.3 is 26.2 Å². The van der Waals surface area contributed by atoms with E-state index in [-0.39, 0.29) is 23.5 Å². The number of carbonyl (C=O) groups is 3. The standard InChI is InChI=1S/C23H26FN5O3/c1-2-13-25-21(30)16-6-5-14-29(15-16)23(32)27-18-11-9-17(10-12-18)26-22(31)28-20-8-4-3-7-19(20)24/h2-4,7-12,16H,1,5-6,13-15H2,(H,25,30)(H,27,32)(H2,26,28,31)/t16-/m1/s1. The number of nitrogens with zero attached hydrogens (tertiary/aromatic N) is 1. The molecule has 0 bridgehead atoms. The second-order valence-electron chi connectivity index (χ2n) is 7.39. The van der Waals surface area contributed by atoms with Gasteiger partial charge in [-0.05, 0) is 49.2 Å². The highest BCUT2D eigenvalue weighted by Gasteiger charge is 2.28. The molecule has 5 amide bonds. The summed E-state index contributed by atoms with van der Waals surface area (Å²) in [7, 11) is 0. The predicted octanol–water partition coefficient (Wildman–Crippen LogP) is 4.02. The first-order valence-electron chi connectivity index (χ1n) is 10.3. The first-order valence-corrected chi connectivity index (χ1v) is 10.3. The van der Waals surface area contributed by atoms with Crippen LogP contribution < -0.4 is 21.3 Å². The Bertz CT molecular complexity index is 980. The first kappa shape index (κ1) is 22.8. The average molecular weight is 439 g/mol. The van der Waals surface area contributed by atoms with E-state index in [0.717, 1.165) is 12.8 Å². The molecule has 0 spiro atoms. The summed E-state index contributed by atoms with van der Waals surface area (Å²) >= 11 is 0. The maximum absolute atomic E-state index is 13.6. The minimum absolute atomic E-state index is 0.0758. The fourth-order valence-electron chi connectivity index (χ4n) is 3.38. The highest BCUT2D eigenvalue weighted by atomic mass is 19.1. The summed E-state index contributed by atoms with van der Waals surface area (Å²) in [5.41, 5.74) is 1.11. The van der Waals surface area contributed by atoms with Gasteiger partial charge in [0.1, 0.15) is 5.82 Å². The molecule has 32 heavy (non-hydrogen) atoms. The van der Waals surface area contributed by atoms with Crippen molar-refractivity contribution in [2.45, 2.75) is 12.8 Å². The minimum atomic E-state index is -0.582. The lowest BCUT2D eigenvalue weighted by atomic mass is 9.97. The average Bonchev–Trinajstić information content (AvgIpc) is 2.80. The van der Waals surface area contributed by atoms with Crippen LogP contribution in [0, 0.1) is 11.7 Å². The molecule has 1 saturated heterocycles. The number of likely N-dealkylation sites (tertiary alicyclic amines) is 1. The van der Waals surface area contributed by atoms with Crippen molar-refractivity contribution in [1.29, 1.82) is 0 Å². The molecule has 0 saturated carbocycles. The topological polar surface area (TPSA) is 103 Å². The maximum atomic E-state index is 13.6. The van der Waals surface area contributed by atoms with Gasteiger partial charge in [0.2, 0.25) is 5.91 Å². The second-order valence-corrected chi connectivity index (χ2v) is 7.39. The van der Waals surface area contributed by atoms with Crippen LogP contribution >= 0.6 is 0 Å². The van der Waals surface area contributed by atoms with E-state index in [1.54, 1.807) is 41.3 Å². The van der Waals surface area contributed by atoms with E-state index in [9.17, 15) is 18.8 Å². The molecule has 1 fully saturated rings. The van der Waals surface area contributed by atoms with Gasteiger partial charge in [0.15, 0.2) is 0 Å². The molecule has 2 aromatic carbocycles. The lowest BCUT2D eigenvalue weighted by Gasteiger charge is -2.32. The van der Waals surface area contributed by atoms with E-state index < -0.39 is 11.8 Å². The van der Waals surface area contributed by atoms with Crippen molar-refractivity contribution < 1.29 is 18.8 Å². The number of nitrogens with one attached hydrogen (secondary N) is 4. The number of benzene rings is 2. The van der Waals surface area contributed by atoms with Crippen molar-refractivity contribution in [2.24, 2.45) is 5.92 Å². The lowest BCUT2D eigenvalue weighted by molar-refractivity contribution is -0.126. The molecule has 168 valence electrons. The number of halogens is 1. The zero-order valence-electron chi connectivity index (χ0n) is 17.6. The first-order chi connectivity index (χ1) is 15.5. The van der Waals surface area contributed by atoms with Gasteiger partial charge in [0, 0.05) is 31.0 Å². The number of piperidine rings is 1. The van der Waals surface area contributed by atoms with Crippen LogP contribution in [0.25, 0.3) is 0 Å². The SMILES string of the molecule is C=CCNC(=O)[C@@H]1CCCN(C(=O)Nc2ccc(NC(=O)Nc3ccccc3F)cc2)C1. The van der Waals surface area contributed by atoms with Crippen LogP contribution in [-0.4, -0.2) is 42.5 Å². The number of urea groups is 2. The number of hydrogen-bond donors (Lipinski definition) is 4. The van der Waals surface area contributed by atoms with Crippen LogP contribution in [0.2, 0.25) is 0 Å². The molecule has 0 aliphatic carbocycles. The van der Waals surface area contributed by atoms with Crippen LogP contribution in [0.15, 0.2) is 61.2 Å². The molecular weight excluding hydrogens is 413 g/mol. The third-order valence-electron chi connectivity index (χ3n) is 5.02. The van der Waals surface area contributed by atoms with Crippen LogP contribution in [0.3, 0.4) is 0 Å². The zero-order chi connectivity index (χ0) is 22.9. The van der Waals surface area contributed by atoms with Crippen LogP contribution in [-0.2, 0) is 4.79 Å². The summed E-state index contributed by atoms with van der Waals surface area (Å²) in [5, 5.41) is 10.6. The molecule has 0 aromatic heterocycles. The Morgan fingerprint density at radius 2 is 1.72 bits per heavy atom. The van der Waals surface area contributed by atoms with E-state index in [1.807, 2.05) is 0 Å². The van der Waals surface area contributed by atoms with Crippen LogP contribution in [0.4, 0.5) is 31.0 Å². The van der Waals surface area contributed by atoms with Crippen molar-refractivity contribution in [3.05, 3.63) is 67.0 Å². The summed E-state index contributed by atoms with van der Waals surface area (Å²) in [6.07, 6.45) is 3.11. The van der Waals surface area contributed by atoms with E-state index >= 15 is 0 Å². The van der Waals surface area contributed by atoms with Crippen molar-refractivity contribution >= 4 is 35.0 Å². The quantitative estimate of drug-likeness (QED) is 0.511. The second kappa shape index (κ2) is 10.9. The smallest absolute Gasteiger partial charge is 0.323 e. The Morgan fingerprint density at radius 1 is 1.03 bits per heavy atom. The number of para-hydroxylation sites is 1. The third-order valence-corrected chi connectivity index (χ3v) is 5.02. The van der Waals surface area contributed by atoms with E-state index in [4.69, 9.17) is 0 Å². The van der Waals surface area contributed by atoms with Gasteiger partial charge in [-0.15, -0.1) is 6.58 Å². The monoisotopic (exact) mass is 439 g/mol. The fourth-order valence-corrected chi connectivity index (χ4v) is 3.38. The van der Waals surface area contributed by atoms with E-state index in [0.29, 0.717) is 31.0 Å². The lowest BCUT2D eigenvalue weighted by Crippen LogP contribution is -2.46. The summed E-state index contributed by atoms with van der Waals surface area (Å²) in [5.74, 6) is -0.848. The van der Waals surface area contributed by atoms with Gasteiger partial charge in [-0.25, -0.2) is 14.0 Å². The number of anilines is 3. The molecule has 2 aromatic rings. The van der Waals surface area contributed by atoms with Crippen molar-refractivity contribution in [1.82, 2.24) is 10.2 Å². The Hall–Kier alpha value is -3.88. The summed E-state index contributed by atoms with van der Waals surface area (Å²) in [6, 6.07) is 11.5. The number of carbonyl (C=O) groups excluding carboxylic acids is 3. The summed E-state index contributed by atoms with van der Waals surface area (Å²) in [6.45, 7) is 4.91. The van der Waals surface area contributed by atoms with E-state index in [2.05, 4.69) is 27.8 Å². The molecule has 1 atom stereocenters. The minimum Gasteiger partial charge on any atom is -0.352 e. The van der Waals surface area contributed by atoms with Gasteiger partial charge in [-0.2, -0.15) is 0 Å². The van der Waals surface area contributed by atoms with Crippen molar-refractivity contribution in [3.8, 4) is 0 Å². The number of amides is 5. The van der Waals surface area contributed by atoms with Gasteiger partial charge in [0.05, 0.1) is 11.6 Å². The van der Waals surface area contributed by atoms with Gasteiger partial charge in [-0.1, -0.05) is 18.2 Å². The van der Waals surface area contributed by atoms with Gasteiger partial charge in [0.25, 0.3) is 0 Å². The summed E-state index contributed by atoms with van der Waals surface area (Å²) < 4.78 is 13.6. The molecule has 1 aliphatic heterocycles. The van der Waals surface area contributed by atoms with Crippen LogP contribution in [0.1, 0.15) is 12.8 Å². The molecule has 1 heterocycles. The summed E-state index contributed by atoms with van der Waals surface area (Å²) in [4.78, 5) is 38.4. The van der Waals surface area contributed by atoms with Gasteiger partial charge in [-0.3, -0.25) is 4.79 Å². The van der Waals surface area contributed by atoms with Crippen LogP contribution in [0.5, 0.6) is 0 Å². The van der Waals surface area contributed by atoms with Crippen molar-refractivity contribution in [2.75, 3.05) is 35.6 Å². The highest BCUT2D eigenvalue weighted by Crippen LogP contribution is 2.19. The Kier molecular flexibility index (Phi) is 7.80. The van der Waals surface area contributed by atoms with Gasteiger partial charge >= 0.3 is 12.1 Å². The Labute approximate surface area is 185 Å². The molecule has 1 aliphatic rings. The Balaban J connectivity index is 1.51. The molecular formula is C23H26FN5O3. The fraction of sp³-hybridized carbons (Fsp3) is 0.261. The molecule has 0 unspecified atom stereocenters. The zero-order valence-corrected chi connectivity index (χ0v) is 17.6. The Morgan fingerprint density at radius 3 is 2.41 bits per heavy atom. The molecule has 3 rings (SSSR count). The highest BCUT2D eigenvalue weighted by molar-refractivity contribution is 6.00. The largest absolute Gasteiger partial charge is 0.352 e. The van der Waals surface area contributed by atoms with Crippen molar-refractivity contribution in [3.63, 3.8) is 0 Å². The van der Waals surface area contributed by atoms with E-state index in [1.165, 1.54) is 18.2 Å². The maximum Gasteiger partial charge on any atom is 0.323 e. The molecule has 4 N–H and O–H groups in total. The predicted molar refractivity (Wildman–Crippen MR) is 122 cm³/mol. The normalized spacial score (nSPS) is 15.4. The molecule has 8 nitrogen and oxygen atoms in total. The molecule has 0 radical (unpaired) electrons. The molecule has 9 heteroatoms. The number of hydrogen-bond acceptors (Lipinski definition) is 3. The third kappa shape index (κ3) is 6.31. The number of rotatable bonds is 6.